The second-order valence-corrected chi connectivity index (χ2v) is 6.73. The van der Waals surface area contributed by atoms with Gasteiger partial charge in [-0.2, -0.15) is 0 Å². The van der Waals surface area contributed by atoms with Crippen LogP contribution in [0.15, 0.2) is 18.2 Å². The van der Waals surface area contributed by atoms with E-state index in [0.29, 0.717) is 6.61 Å². The standard InChI is InChI=1S/C16H24O/c1-12-5-6-14(15(2,3)4)9-13(12)10-16(11-17)7-8-16/h5-6,9,17H,7-8,10-11H2,1-4H3. The molecule has 0 spiro atoms. The first-order chi connectivity index (χ1) is 7.86. The Labute approximate surface area is 105 Å². The summed E-state index contributed by atoms with van der Waals surface area (Å²) in [7, 11) is 0. The fraction of sp³-hybridized carbons (Fsp3) is 0.625. The lowest BCUT2D eigenvalue weighted by molar-refractivity contribution is 0.211. The molecule has 1 saturated carbocycles. The van der Waals surface area contributed by atoms with Gasteiger partial charge in [0, 0.05) is 6.61 Å². The van der Waals surface area contributed by atoms with Crippen molar-refractivity contribution in [2.24, 2.45) is 5.41 Å². The molecular weight excluding hydrogens is 208 g/mol. The third kappa shape index (κ3) is 2.71. The van der Waals surface area contributed by atoms with E-state index in [2.05, 4.69) is 45.9 Å². The minimum atomic E-state index is 0.207. The molecule has 0 amide bonds. The van der Waals surface area contributed by atoms with Crippen LogP contribution in [0.5, 0.6) is 0 Å². The van der Waals surface area contributed by atoms with E-state index in [4.69, 9.17) is 0 Å². The maximum atomic E-state index is 9.44. The number of hydrogen-bond acceptors (Lipinski definition) is 1. The third-order valence-corrected chi connectivity index (χ3v) is 4.07. The van der Waals surface area contributed by atoms with E-state index >= 15 is 0 Å². The van der Waals surface area contributed by atoms with Crippen LogP contribution in [0.2, 0.25) is 0 Å². The molecule has 0 aliphatic heterocycles. The van der Waals surface area contributed by atoms with Crippen LogP contribution in [0.1, 0.15) is 50.3 Å². The predicted molar refractivity (Wildman–Crippen MR) is 72.3 cm³/mol. The minimum Gasteiger partial charge on any atom is -0.396 e. The summed E-state index contributed by atoms with van der Waals surface area (Å²) in [5.41, 5.74) is 4.59. The van der Waals surface area contributed by atoms with Crippen LogP contribution in [0, 0.1) is 12.3 Å². The summed E-state index contributed by atoms with van der Waals surface area (Å²) in [6.07, 6.45) is 3.41. The Morgan fingerprint density at radius 1 is 1.24 bits per heavy atom. The van der Waals surface area contributed by atoms with Crippen molar-refractivity contribution in [3.63, 3.8) is 0 Å². The Hall–Kier alpha value is -0.820. The highest BCUT2D eigenvalue weighted by atomic mass is 16.3. The van der Waals surface area contributed by atoms with Crippen LogP contribution in [0.4, 0.5) is 0 Å². The van der Waals surface area contributed by atoms with Gasteiger partial charge >= 0.3 is 0 Å². The zero-order valence-corrected chi connectivity index (χ0v) is 11.5. The van der Waals surface area contributed by atoms with Crippen LogP contribution in [-0.4, -0.2) is 11.7 Å². The van der Waals surface area contributed by atoms with Gasteiger partial charge in [0.15, 0.2) is 0 Å². The molecule has 1 fully saturated rings. The van der Waals surface area contributed by atoms with Crippen molar-refractivity contribution < 1.29 is 5.11 Å². The van der Waals surface area contributed by atoms with Crippen molar-refractivity contribution in [3.8, 4) is 0 Å². The van der Waals surface area contributed by atoms with Crippen LogP contribution in [-0.2, 0) is 11.8 Å². The van der Waals surface area contributed by atoms with E-state index in [1.807, 2.05) is 0 Å². The number of aryl methyl sites for hydroxylation is 1. The Bertz CT molecular complexity index is 408. The molecule has 0 saturated heterocycles. The third-order valence-electron chi connectivity index (χ3n) is 4.07. The number of aliphatic hydroxyl groups is 1. The van der Waals surface area contributed by atoms with E-state index < -0.39 is 0 Å². The highest BCUT2D eigenvalue weighted by Crippen LogP contribution is 2.48. The first-order valence-electron chi connectivity index (χ1n) is 6.57. The second kappa shape index (κ2) is 4.13. The summed E-state index contributed by atoms with van der Waals surface area (Å²) in [6, 6.07) is 6.80. The molecule has 1 nitrogen and oxygen atoms in total. The topological polar surface area (TPSA) is 20.2 Å². The van der Waals surface area contributed by atoms with Crippen molar-refractivity contribution in [1.82, 2.24) is 0 Å². The Balaban J connectivity index is 2.27. The maximum Gasteiger partial charge on any atom is 0.0490 e. The smallest absolute Gasteiger partial charge is 0.0490 e. The molecular formula is C16H24O. The lowest BCUT2D eigenvalue weighted by atomic mass is 9.83. The van der Waals surface area contributed by atoms with Gasteiger partial charge in [-0.15, -0.1) is 0 Å². The number of hydrogen-bond donors (Lipinski definition) is 1. The average molecular weight is 232 g/mol. The molecule has 0 unspecified atom stereocenters. The van der Waals surface area contributed by atoms with Gasteiger partial charge in [0.05, 0.1) is 0 Å². The molecule has 2 rings (SSSR count). The van der Waals surface area contributed by atoms with Gasteiger partial charge in [0.25, 0.3) is 0 Å². The molecule has 1 aliphatic carbocycles. The molecule has 1 heteroatoms. The summed E-state index contributed by atoms with van der Waals surface area (Å²) >= 11 is 0. The molecule has 1 N–H and O–H groups in total. The lowest BCUT2D eigenvalue weighted by Gasteiger charge is -2.22. The zero-order valence-electron chi connectivity index (χ0n) is 11.5. The van der Waals surface area contributed by atoms with Gasteiger partial charge in [-0.1, -0.05) is 39.0 Å². The van der Waals surface area contributed by atoms with Crippen LogP contribution in [0.25, 0.3) is 0 Å². The van der Waals surface area contributed by atoms with Gasteiger partial charge in [-0.05, 0) is 53.7 Å². The van der Waals surface area contributed by atoms with E-state index in [1.54, 1.807) is 0 Å². The molecule has 1 aromatic rings. The molecule has 17 heavy (non-hydrogen) atoms. The normalized spacial score (nSPS) is 18.2. The molecule has 0 aromatic heterocycles. The highest BCUT2D eigenvalue weighted by molar-refractivity contribution is 5.35. The predicted octanol–water partition coefficient (Wildman–Crippen LogP) is 3.61. The summed E-state index contributed by atoms with van der Waals surface area (Å²) in [5.74, 6) is 0. The molecule has 94 valence electrons. The van der Waals surface area contributed by atoms with E-state index in [-0.39, 0.29) is 10.8 Å². The molecule has 0 atom stereocenters. The van der Waals surface area contributed by atoms with Gasteiger partial charge in [-0.3, -0.25) is 0 Å². The second-order valence-electron chi connectivity index (χ2n) is 6.73. The number of aliphatic hydroxyl groups excluding tert-OH is 1. The van der Waals surface area contributed by atoms with Gasteiger partial charge in [0.2, 0.25) is 0 Å². The summed E-state index contributed by atoms with van der Waals surface area (Å²) in [5, 5.41) is 9.44. The highest BCUT2D eigenvalue weighted by Gasteiger charge is 2.42. The fourth-order valence-electron chi connectivity index (χ4n) is 2.30. The van der Waals surface area contributed by atoms with Crippen LogP contribution in [0.3, 0.4) is 0 Å². The Morgan fingerprint density at radius 2 is 1.88 bits per heavy atom. The quantitative estimate of drug-likeness (QED) is 0.844. The molecule has 1 aromatic carbocycles. The number of rotatable bonds is 3. The monoisotopic (exact) mass is 232 g/mol. The van der Waals surface area contributed by atoms with Crippen LogP contribution < -0.4 is 0 Å². The molecule has 0 bridgehead atoms. The van der Waals surface area contributed by atoms with E-state index in [0.717, 1.165) is 6.42 Å². The molecule has 0 radical (unpaired) electrons. The van der Waals surface area contributed by atoms with E-state index in [1.165, 1.54) is 29.5 Å². The van der Waals surface area contributed by atoms with Gasteiger partial charge in [-0.25, -0.2) is 0 Å². The van der Waals surface area contributed by atoms with Crippen LogP contribution >= 0.6 is 0 Å². The van der Waals surface area contributed by atoms with Gasteiger partial charge in [0.1, 0.15) is 0 Å². The zero-order chi connectivity index (χ0) is 12.7. The van der Waals surface area contributed by atoms with Crippen molar-refractivity contribution in [3.05, 3.63) is 34.9 Å². The largest absolute Gasteiger partial charge is 0.396 e. The Kier molecular flexibility index (Phi) is 3.07. The lowest BCUT2D eigenvalue weighted by Crippen LogP contribution is -2.14. The van der Waals surface area contributed by atoms with E-state index in [9.17, 15) is 5.11 Å². The van der Waals surface area contributed by atoms with Gasteiger partial charge < -0.3 is 5.11 Å². The fourth-order valence-corrected chi connectivity index (χ4v) is 2.30. The van der Waals surface area contributed by atoms with Crippen molar-refractivity contribution in [2.75, 3.05) is 6.61 Å². The maximum absolute atomic E-state index is 9.44. The number of benzene rings is 1. The average Bonchev–Trinajstić information content (AvgIpc) is 3.00. The summed E-state index contributed by atoms with van der Waals surface area (Å²) in [4.78, 5) is 0. The summed E-state index contributed by atoms with van der Waals surface area (Å²) < 4.78 is 0. The van der Waals surface area contributed by atoms with Crippen molar-refractivity contribution in [1.29, 1.82) is 0 Å². The SMILES string of the molecule is Cc1ccc(C(C)(C)C)cc1CC1(CO)CC1. The molecule has 1 aliphatic rings. The first kappa shape index (κ1) is 12.6. The van der Waals surface area contributed by atoms with Crippen molar-refractivity contribution in [2.45, 2.75) is 52.4 Å². The minimum absolute atomic E-state index is 0.207. The summed E-state index contributed by atoms with van der Waals surface area (Å²) in [6.45, 7) is 9.27. The molecule has 0 heterocycles. The van der Waals surface area contributed by atoms with Crippen molar-refractivity contribution >= 4 is 0 Å². The first-order valence-corrected chi connectivity index (χ1v) is 6.57. The Morgan fingerprint density at radius 3 is 2.35 bits per heavy atom.